The van der Waals surface area contributed by atoms with Crippen molar-refractivity contribution in [3.63, 3.8) is 0 Å². The number of rotatable bonds is 5. The van der Waals surface area contributed by atoms with Crippen molar-refractivity contribution in [1.82, 2.24) is 0 Å². The molecule has 0 saturated heterocycles. The zero-order valence-corrected chi connectivity index (χ0v) is 20.6. The van der Waals surface area contributed by atoms with E-state index in [1.165, 1.54) is 0 Å². The van der Waals surface area contributed by atoms with Crippen LogP contribution in [0, 0.1) is 12.8 Å². The van der Waals surface area contributed by atoms with Crippen LogP contribution in [0.1, 0.15) is 62.8 Å². The van der Waals surface area contributed by atoms with E-state index in [9.17, 15) is 9.90 Å². The van der Waals surface area contributed by atoms with Crippen molar-refractivity contribution >= 4 is 17.0 Å². The summed E-state index contributed by atoms with van der Waals surface area (Å²) in [6.45, 7) is 12.2. The Bertz CT molecular complexity index is 1130. The van der Waals surface area contributed by atoms with Crippen molar-refractivity contribution in [2.24, 2.45) is 5.92 Å². The molecule has 0 spiro atoms. The third-order valence-corrected chi connectivity index (χ3v) is 6.22. The van der Waals surface area contributed by atoms with Crippen LogP contribution in [0.2, 0.25) is 0 Å². The number of phenols is 1. The van der Waals surface area contributed by atoms with Gasteiger partial charge in [-0.15, -0.1) is 0 Å². The lowest BCUT2D eigenvalue weighted by Crippen LogP contribution is -2.17. The number of phenolic OH excluding ortho intramolecular Hbond substituents is 1. The number of ketones is 1. The fourth-order valence-corrected chi connectivity index (χ4v) is 4.24. The fourth-order valence-electron chi connectivity index (χ4n) is 4.24. The standard InChI is InChI=1S/C29H35NO2/c1-17(2)23-15-9-19(5)28(31)26(23)25(21-11-13-22(14-12-21)30(7)8)27-24(18(3)4)16-10-20(6)29(27)32/h9-18,31H,1-8H3/b27-25+. The van der Waals surface area contributed by atoms with Gasteiger partial charge in [0.1, 0.15) is 5.75 Å². The molecule has 3 heteroatoms. The monoisotopic (exact) mass is 429 g/mol. The van der Waals surface area contributed by atoms with Gasteiger partial charge < -0.3 is 10.0 Å². The van der Waals surface area contributed by atoms with Gasteiger partial charge >= 0.3 is 0 Å². The molecule has 1 aliphatic carbocycles. The van der Waals surface area contributed by atoms with E-state index in [4.69, 9.17) is 0 Å². The van der Waals surface area contributed by atoms with Crippen LogP contribution in [0.15, 0.2) is 65.3 Å². The molecule has 0 aliphatic heterocycles. The Morgan fingerprint density at radius 1 is 0.875 bits per heavy atom. The molecule has 3 rings (SSSR count). The molecule has 0 atom stereocenters. The van der Waals surface area contributed by atoms with Crippen LogP contribution in [0.5, 0.6) is 5.75 Å². The van der Waals surface area contributed by atoms with Gasteiger partial charge in [-0.05, 0) is 65.7 Å². The van der Waals surface area contributed by atoms with Crippen molar-refractivity contribution < 1.29 is 9.90 Å². The SMILES string of the molecule is CC1=CC=C(C(C)C)/C(=C(/c2ccc(N(C)C)cc2)c2c(C(C)C)ccc(C)c2O)C1=O. The number of carbonyl (C=O) groups is 1. The van der Waals surface area contributed by atoms with Gasteiger partial charge in [0.15, 0.2) is 5.78 Å². The smallest absolute Gasteiger partial charge is 0.189 e. The van der Waals surface area contributed by atoms with Gasteiger partial charge in [-0.3, -0.25) is 4.79 Å². The average Bonchev–Trinajstić information content (AvgIpc) is 2.74. The Labute approximate surface area is 192 Å². The van der Waals surface area contributed by atoms with E-state index >= 15 is 0 Å². The van der Waals surface area contributed by atoms with Gasteiger partial charge in [-0.25, -0.2) is 0 Å². The first kappa shape index (κ1) is 23.6. The maximum Gasteiger partial charge on any atom is 0.189 e. The highest BCUT2D eigenvalue weighted by Crippen LogP contribution is 2.44. The average molecular weight is 430 g/mol. The van der Waals surface area contributed by atoms with E-state index in [2.05, 4.69) is 69.0 Å². The predicted molar refractivity (Wildman–Crippen MR) is 135 cm³/mol. The normalized spacial score (nSPS) is 15.8. The van der Waals surface area contributed by atoms with Crippen molar-refractivity contribution in [2.75, 3.05) is 19.0 Å². The molecule has 0 heterocycles. The van der Waals surface area contributed by atoms with Crippen molar-refractivity contribution in [2.45, 2.75) is 47.5 Å². The van der Waals surface area contributed by atoms with Crippen LogP contribution >= 0.6 is 0 Å². The summed E-state index contributed by atoms with van der Waals surface area (Å²) in [6.07, 6.45) is 3.97. The second kappa shape index (κ2) is 9.20. The maximum absolute atomic E-state index is 13.6. The number of anilines is 1. The van der Waals surface area contributed by atoms with Crippen LogP contribution in [0.25, 0.3) is 5.57 Å². The summed E-state index contributed by atoms with van der Waals surface area (Å²) in [5.74, 6) is 0.635. The second-order valence-corrected chi connectivity index (χ2v) is 9.50. The number of nitrogens with zero attached hydrogens (tertiary/aromatic N) is 1. The lowest BCUT2D eigenvalue weighted by molar-refractivity contribution is -0.112. The molecule has 1 N–H and O–H groups in total. The molecule has 32 heavy (non-hydrogen) atoms. The van der Waals surface area contributed by atoms with Crippen molar-refractivity contribution in [1.29, 1.82) is 0 Å². The molecule has 3 nitrogen and oxygen atoms in total. The summed E-state index contributed by atoms with van der Waals surface area (Å²) in [5, 5.41) is 11.3. The number of aromatic hydroxyl groups is 1. The number of hydrogen-bond donors (Lipinski definition) is 1. The highest BCUT2D eigenvalue weighted by molar-refractivity contribution is 6.19. The van der Waals surface area contributed by atoms with Gasteiger partial charge in [-0.1, -0.05) is 64.1 Å². The summed E-state index contributed by atoms with van der Waals surface area (Å²) in [5.41, 5.74) is 7.85. The molecular weight excluding hydrogens is 394 g/mol. The third kappa shape index (κ3) is 4.29. The molecule has 0 bridgehead atoms. The van der Waals surface area contributed by atoms with E-state index in [0.29, 0.717) is 11.1 Å². The highest BCUT2D eigenvalue weighted by Gasteiger charge is 2.30. The first-order valence-electron chi connectivity index (χ1n) is 11.3. The van der Waals surface area contributed by atoms with Crippen LogP contribution in [0.3, 0.4) is 0 Å². The molecular formula is C29H35NO2. The molecule has 0 saturated carbocycles. The molecule has 0 amide bonds. The molecule has 1 aliphatic rings. The third-order valence-electron chi connectivity index (χ3n) is 6.22. The molecule has 168 valence electrons. The lowest BCUT2D eigenvalue weighted by Gasteiger charge is -2.26. The van der Waals surface area contributed by atoms with Gasteiger partial charge in [0.05, 0.1) is 0 Å². The van der Waals surface area contributed by atoms with Crippen molar-refractivity contribution in [3.05, 3.63) is 87.5 Å². The quantitative estimate of drug-likeness (QED) is 0.531. The van der Waals surface area contributed by atoms with Crippen LogP contribution in [0.4, 0.5) is 5.69 Å². The van der Waals surface area contributed by atoms with Crippen LogP contribution in [-0.4, -0.2) is 25.0 Å². The summed E-state index contributed by atoms with van der Waals surface area (Å²) < 4.78 is 0. The first-order valence-corrected chi connectivity index (χ1v) is 11.3. The predicted octanol–water partition coefficient (Wildman–Crippen LogP) is 6.80. The van der Waals surface area contributed by atoms with Crippen molar-refractivity contribution in [3.8, 4) is 5.75 Å². The second-order valence-electron chi connectivity index (χ2n) is 9.50. The summed E-state index contributed by atoms with van der Waals surface area (Å²) in [6, 6.07) is 12.3. The largest absolute Gasteiger partial charge is 0.507 e. The molecule has 0 aromatic heterocycles. The molecule has 0 unspecified atom stereocenters. The number of allylic oxidation sites excluding steroid dienone is 5. The topological polar surface area (TPSA) is 40.5 Å². The number of Topliss-reactive ketones (excluding diaryl/α,β-unsaturated/α-hetero) is 1. The minimum atomic E-state index is 0.0264. The van der Waals surface area contributed by atoms with E-state index in [-0.39, 0.29) is 23.4 Å². The van der Waals surface area contributed by atoms with Gasteiger partial charge in [0.25, 0.3) is 0 Å². The summed E-state index contributed by atoms with van der Waals surface area (Å²) in [7, 11) is 4.02. The number of aryl methyl sites for hydroxylation is 1. The Balaban J connectivity index is 2.49. The van der Waals surface area contributed by atoms with Gasteiger partial charge in [0.2, 0.25) is 0 Å². The van der Waals surface area contributed by atoms with E-state index < -0.39 is 0 Å². The Hall–Kier alpha value is -3.07. The van der Waals surface area contributed by atoms with Crippen LogP contribution in [-0.2, 0) is 4.79 Å². The van der Waals surface area contributed by atoms with Gasteiger partial charge in [-0.2, -0.15) is 0 Å². The molecule has 0 radical (unpaired) electrons. The maximum atomic E-state index is 13.6. The van der Waals surface area contributed by atoms with Gasteiger partial charge in [0, 0.05) is 36.5 Å². The summed E-state index contributed by atoms with van der Waals surface area (Å²) >= 11 is 0. The number of hydrogen-bond acceptors (Lipinski definition) is 3. The zero-order valence-electron chi connectivity index (χ0n) is 20.6. The van der Waals surface area contributed by atoms with E-state index in [1.807, 2.05) is 40.1 Å². The summed E-state index contributed by atoms with van der Waals surface area (Å²) in [4.78, 5) is 15.7. The first-order chi connectivity index (χ1) is 15.0. The Morgan fingerprint density at radius 2 is 1.50 bits per heavy atom. The number of carbonyl (C=O) groups excluding carboxylic acids is 1. The number of benzene rings is 2. The fraction of sp³-hybridized carbons (Fsp3) is 0.345. The van der Waals surface area contributed by atoms with Crippen LogP contribution < -0.4 is 4.90 Å². The minimum absolute atomic E-state index is 0.0264. The molecule has 2 aromatic carbocycles. The molecule has 2 aromatic rings. The highest BCUT2D eigenvalue weighted by atomic mass is 16.3. The van der Waals surface area contributed by atoms with E-state index in [0.717, 1.165) is 39.1 Å². The lowest BCUT2D eigenvalue weighted by atomic mass is 9.77. The Morgan fingerprint density at radius 3 is 2.03 bits per heavy atom. The Kier molecular flexibility index (Phi) is 6.78. The van der Waals surface area contributed by atoms with E-state index in [1.54, 1.807) is 0 Å². The molecule has 0 fully saturated rings. The minimum Gasteiger partial charge on any atom is -0.507 e. The zero-order chi connectivity index (χ0) is 23.7.